The van der Waals surface area contributed by atoms with Crippen LogP contribution in [0, 0.1) is 0 Å². The molecule has 1 N–H and O–H groups in total. The summed E-state index contributed by atoms with van der Waals surface area (Å²) < 4.78 is 0. The molecule has 1 aliphatic heterocycles. The van der Waals surface area contributed by atoms with E-state index in [0.717, 1.165) is 5.52 Å². The number of nitrogens with zero attached hydrogens (tertiary/aromatic N) is 1. The van der Waals surface area contributed by atoms with Crippen LogP contribution in [0.1, 0.15) is 12.8 Å². The molecule has 1 saturated heterocycles. The van der Waals surface area contributed by atoms with Gasteiger partial charge in [0.2, 0.25) is 0 Å². The lowest BCUT2D eigenvalue weighted by molar-refractivity contribution is 0.686. The van der Waals surface area contributed by atoms with Gasteiger partial charge in [-0.2, -0.15) is 11.8 Å². The van der Waals surface area contributed by atoms with Crippen molar-refractivity contribution in [3.05, 3.63) is 36.5 Å². The minimum Gasteiger partial charge on any atom is -0.381 e. The highest BCUT2D eigenvalue weighted by Gasteiger charge is 2.14. The quantitative estimate of drug-likeness (QED) is 0.874. The third kappa shape index (κ3) is 2.39. The Hall–Kier alpha value is -1.22. The maximum absolute atomic E-state index is 4.39. The van der Waals surface area contributed by atoms with Gasteiger partial charge in [-0.3, -0.25) is 4.98 Å². The van der Waals surface area contributed by atoms with Crippen LogP contribution < -0.4 is 5.32 Å². The molecular weight excluding hydrogens is 228 g/mol. The van der Waals surface area contributed by atoms with Gasteiger partial charge < -0.3 is 5.32 Å². The van der Waals surface area contributed by atoms with Crippen molar-refractivity contribution in [3.8, 4) is 0 Å². The molecule has 0 radical (unpaired) electrons. The SMILES string of the molecule is c1ccc2c(NC3CCCSC3)ccnc2c1. The van der Waals surface area contributed by atoms with Crippen molar-refractivity contribution in [2.45, 2.75) is 18.9 Å². The molecule has 1 aromatic heterocycles. The number of hydrogen-bond acceptors (Lipinski definition) is 3. The molecule has 2 heterocycles. The topological polar surface area (TPSA) is 24.9 Å². The van der Waals surface area contributed by atoms with Crippen molar-refractivity contribution in [2.24, 2.45) is 0 Å². The highest BCUT2D eigenvalue weighted by Crippen LogP contribution is 2.25. The summed E-state index contributed by atoms with van der Waals surface area (Å²) in [4.78, 5) is 4.39. The predicted octanol–water partition coefficient (Wildman–Crippen LogP) is 3.54. The maximum Gasteiger partial charge on any atom is 0.0722 e. The summed E-state index contributed by atoms with van der Waals surface area (Å²) in [6.45, 7) is 0. The first-order chi connectivity index (χ1) is 8.43. The first-order valence-electron chi connectivity index (χ1n) is 6.11. The molecule has 3 heteroatoms. The second kappa shape index (κ2) is 4.96. The fraction of sp³-hybridized carbons (Fsp3) is 0.357. The van der Waals surface area contributed by atoms with Gasteiger partial charge in [0.05, 0.1) is 5.52 Å². The van der Waals surface area contributed by atoms with E-state index in [1.54, 1.807) is 0 Å². The summed E-state index contributed by atoms with van der Waals surface area (Å²) in [5, 5.41) is 4.89. The Kier molecular flexibility index (Phi) is 3.18. The number of hydrogen-bond donors (Lipinski definition) is 1. The number of aromatic nitrogens is 1. The predicted molar refractivity (Wildman–Crippen MR) is 75.7 cm³/mol. The number of rotatable bonds is 2. The normalized spacial score (nSPS) is 20.4. The van der Waals surface area contributed by atoms with Crippen LogP contribution in [0.3, 0.4) is 0 Å². The van der Waals surface area contributed by atoms with Crippen LogP contribution in [0.5, 0.6) is 0 Å². The molecule has 0 spiro atoms. The number of fused-ring (bicyclic) bond motifs is 1. The summed E-state index contributed by atoms with van der Waals surface area (Å²) in [7, 11) is 0. The number of anilines is 1. The molecule has 1 atom stereocenters. The van der Waals surface area contributed by atoms with E-state index in [4.69, 9.17) is 0 Å². The van der Waals surface area contributed by atoms with Crippen molar-refractivity contribution in [1.29, 1.82) is 0 Å². The number of pyridine rings is 1. The molecule has 0 amide bonds. The van der Waals surface area contributed by atoms with Crippen LogP contribution in [0.4, 0.5) is 5.69 Å². The van der Waals surface area contributed by atoms with Crippen LogP contribution >= 0.6 is 11.8 Å². The molecule has 1 unspecified atom stereocenters. The lowest BCUT2D eigenvalue weighted by atomic mass is 10.1. The van der Waals surface area contributed by atoms with E-state index in [1.165, 1.54) is 35.4 Å². The number of para-hydroxylation sites is 1. The molecule has 3 rings (SSSR count). The van der Waals surface area contributed by atoms with Crippen molar-refractivity contribution in [1.82, 2.24) is 4.98 Å². The third-order valence-electron chi connectivity index (χ3n) is 3.17. The summed E-state index contributed by atoms with van der Waals surface area (Å²) in [5.41, 5.74) is 2.30. The molecule has 17 heavy (non-hydrogen) atoms. The molecule has 1 aromatic carbocycles. The fourth-order valence-electron chi connectivity index (χ4n) is 2.30. The maximum atomic E-state index is 4.39. The van der Waals surface area contributed by atoms with E-state index in [-0.39, 0.29) is 0 Å². The van der Waals surface area contributed by atoms with E-state index in [0.29, 0.717) is 6.04 Å². The van der Waals surface area contributed by atoms with Crippen LogP contribution in [0.2, 0.25) is 0 Å². The monoisotopic (exact) mass is 244 g/mol. The highest BCUT2D eigenvalue weighted by atomic mass is 32.2. The lowest BCUT2D eigenvalue weighted by Crippen LogP contribution is -2.25. The minimum atomic E-state index is 0.611. The van der Waals surface area contributed by atoms with E-state index in [2.05, 4.69) is 34.6 Å². The zero-order valence-corrected chi connectivity index (χ0v) is 10.5. The highest BCUT2D eigenvalue weighted by molar-refractivity contribution is 7.99. The zero-order valence-electron chi connectivity index (χ0n) is 9.73. The van der Waals surface area contributed by atoms with Gasteiger partial charge >= 0.3 is 0 Å². The second-order valence-corrected chi connectivity index (χ2v) is 5.58. The number of thioether (sulfide) groups is 1. The van der Waals surface area contributed by atoms with Gasteiger partial charge in [0.15, 0.2) is 0 Å². The van der Waals surface area contributed by atoms with E-state index < -0.39 is 0 Å². The van der Waals surface area contributed by atoms with Gasteiger partial charge in [-0.05, 0) is 30.7 Å². The smallest absolute Gasteiger partial charge is 0.0722 e. The zero-order chi connectivity index (χ0) is 11.5. The molecule has 2 nitrogen and oxygen atoms in total. The van der Waals surface area contributed by atoms with E-state index in [1.807, 2.05) is 24.0 Å². The van der Waals surface area contributed by atoms with Crippen molar-refractivity contribution in [2.75, 3.05) is 16.8 Å². The molecule has 88 valence electrons. The fourth-order valence-corrected chi connectivity index (χ4v) is 3.37. The molecule has 0 aliphatic carbocycles. The minimum absolute atomic E-state index is 0.611. The van der Waals surface area contributed by atoms with Gasteiger partial charge in [-0.15, -0.1) is 0 Å². The summed E-state index contributed by atoms with van der Waals surface area (Å²) in [5.74, 6) is 2.53. The average Bonchev–Trinajstić information content (AvgIpc) is 2.40. The van der Waals surface area contributed by atoms with Crippen molar-refractivity contribution >= 4 is 28.4 Å². The Morgan fingerprint density at radius 1 is 1.24 bits per heavy atom. The van der Waals surface area contributed by atoms with Gasteiger partial charge in [0.1, 0.15) is 0 Å². The standard InChI is InChI=1S/C14H16N2S/c1-2-6-13-12(5-1)14(7-8-15-13)16-11-4-3-9-17-10-11/h1-2,5-8,11H,3-4,9-10H2,(H,15,16). The van der Waals surface area contributed by atoms with Crippen LogP contribution in [-0.2, 0) is 0 Å². The lowest BCUT2D eigenvalue weighted by Gasteiger charge is -2.24. The Morgan fingerprint density at radius 2 is 2.18 bits per heavy atom. The van der Waals surface area contributed by atoms with Crippen LogP contribution in [-0.4, -0.2) is 22.5 Å². The second-order valence-electron chi connectivity index (χ2n) is 4.43. The first kappa shape index (κ1) is 10.9. The van der Waals surface area contributed by atoms with E-state index >= 15 is 0 Å². The first-order valence-corrected chi connectivity index (χ1v) is 7.27. The Balaban J connectivity index is 1.89. The Bertz CT molecular complexity index is 501. The van der Waals surface area contributed by atoms with E-state index in [9.17, 15) is 0 Å². The number of nitrogens with one attached hydrogen (secondary N) is 1. The third-order valence-corrected chi connectivity index (χ3v) is 4.38. The van der Waals surface area contributed by atoms with Gasteiger partial charge in [0, 0.05) is 29.1 Å². The van der Waals surface area contributed by atoms with Gasteiger partial charge in [0.25, 0.3) is 0 Å². The van der Waals surface area contributed by atoms with Crippen LogP contribution in [0.25, 0.3) is 10.9 Å². The number of benzene rings is 1. The molecular formula is C14H16N2S. The van der Waals surface area contributed by atoms with Gasteiger partial charge in [-0.25, -0.2) is 0 Å². The van der Waals surface area contributed by atoms with Crippen LogP contribution in [0.15, 0.2) is 36.5 Å². The van der Waals surface area contributed by atoms with Crippen molar-refractivity contribution < 1.29 is 0 Å². The molecule has 0 bridgehead atoms. The summed E-state index contributed by atoms with van der Waals surface area (Å²) in [6.07, 6.45) is 4.50. The molecule has 0 saturated carbocycles. The molecule has 1 fully saturated rings. The Labute approximate surface area is 106 Å². The molecule has 1 aliphatic rings. The summed E-state index contributed by atoms with van der Waals surface area (Å²) >= 11 is 2.05. The largest absolute Gasteiger partial charge is 0.381 e. The van der Waals surface area contributed by atoms with Gasteiger partial charge in [-0.1, -0.05) is 18.2 Å². The summed E-state index contributed by atoms with van der Waals surface area (Å²) in [6, 6.07) is 11.0. The average molecular weight is 244 g/mol. The molecule has 2 aromatic rings. The van der Waals surface area contributed by atoms with Crippen molar-refractivity contribution in [3.63, 3.8) is 0 Å². The Morgan fingerprint density at radius 3 is 3.06 bits per heavy atom.